The van der Waals surface area contributed by atoms with E-state index in [9.17, 15) is 3.89 Å². The number of hydrogen-bond acceptors (Lipinski definition) is 5. The fraction of sp³-hybridized carbons (Fsp3) is 0.500. The van der Waals surface area contributed by atoms with E-state index in [1.807, 2.05) is 24.3 Å². The number of hydrogen-bond donors (Lipinski definition) is 2. The van der Waals surface area contributed by atoms with Crippen molar-refractivity contribution < 1.29 is 8.62 Å². The summed E-state index contributed by atoms with van der Waals surface area (Å²) in [5.74, 6) is 1.09. The molecule has 0 spiro atoms. The third-order valence-electron chi connectivity index (χ3n) is 7.17. The molecule has 6 heteroatoms. The topological polar surface area (TPSA) is 36.5 Å². The Morgan fingerprint density at radius 2 is 1.68 bits per heavy atom. The first-order chi connectivity index (χ1) is 16.4. The number of nitrogens with one attached hydrogen (secondary N) is 2. The van der Waals surface area contributed by atoms with Crippen molar-refractivity contribution in [3.8, 4) is 0 Å². The third-order valence-corrected chi connectivity index (χ3v) is 7.62. The fourth-order valence-electron chi connectivity index (χ4n) is 5.14. The molecule has 4 nitrogen and oxygen atoms in total. The Morgan fingerprint density at radius 3 is 2.24 bits per heavy atom. The minimum atomic E-state index is -0.288. The van der Waals surface area contributed by atoms with Crippen LogP contribution >= 0.6 is 12.1 Å². The van der Waals surface area contributed by atoms with Gasteiger partial charge >= 0.3 is 0 Å². The van der Waals surface area contributed by atoms with Gasteiger partial charge in [0, 0.05) is 4.90 Å². The molecule has 3 rings (SSSR count). The number of rotatable bonds is 14. The number of unbranched alkanes of at least 4 members (excludes halogenated alkanes) is 1. The normalized spacial score (nSPS) is 15.0. The molecule has 1 aliphatic rings. The van der Waals surface area contributed by atoms with Crippen LogP contribution in [0.2, 0.25) is 0 Å². The van der Waals surface area contributed by atoms with E-state index in [0.29, 0.717) is 17.0 Å². The van der Waals surface area contributed by atoms with Gasteiger partial charge in [0.15, 0.2) is 0 Å². The highest BCUT2D eigenvalue weighted by atomic mass is 32.2. The van der Waals surface area contributed by atoms with Gasteiger partial charge in [-0.3, -0.25) is 0 Å². The van der Waals surface area contributed by atoms with Crippen LogP contribution in [0.5, 0.6) is 0 Å². The van der Waals surface area contributed by atoms with Gasteiger partial charge in [-0.2, -0.15) is 3.89 Å². The molecule has 0 aromatic heterocycles. The maximum Gasteiger partial charge on any atom is 0.0991 e. The largest absolute Gasteiger partial charge is 0.501 e. The van der Waals surface area contributed by atoms with Gasteiger partial charge in [0.2, 0.25) is 0 Å². The summed E-state index contributed by atoms with van der Waals surface area (Å²) < 4.78 is 18.7. The van der Waals surface area contributed by atoms with Crippen molar-refractivity contribution in [1.82, 2.24) is 4.90 Å². The van der Waals surface area contributed by atoms with E-state index in [0.717, 1.165) is 43.7 Å². The molecule has 2 aromatic rings. The van der Waals surface area contributed by atoms with Crippen molar-refractivity contribution in [3.63, 3.8) is 0 Å². The number of anilines is 2. The van der Waals surface area contributed by atoms with Crippen molar-refractivity contribution in [3.05, 3.63) is 66.4 Å². The summed E-state index contributed by atoms with van der Waals surface area (Å²) in [5.41, 5.74) is 3.26. The van der Waals surface area contributed by atoms with Crippen molar-refractivity contribution in [2.24, 2.45) is 5.92 Å². The van der Waals surface area contributed by atoms with Gasteiger partial charge < -0.3 is 20.3 Å². The van der Waals surface area contributed by atoms with Crippen LogP contribution in [0.4, 0.5) is 15.3 Å². The Balaban J connectivity index is 1.47. The van der Waals surface area contributed by atoms with Gasteiger partial charge in [0.1, 0.15) is 0 Å². The predicted octanol–water partition coefficient (Wildman–Crippen LogP) is 7.46. The number of methoxy groups -OCH3 is 1. The Hall–Kier alpha value is -2.18. The first-order valence-electron chi connectivity index (χ1n) is 12.3. The number of benzene rings is 2. The molecular formula is C28H40FN3OS. The first kappa shape index (κ1) is 26.4. The van der Waals surface area contributed by atoms with Crippen LogP contribution in [0.25, 0.3) is 0 Å². The molecule has 0 bridgehead atoms. The highest BCUT2D eigenvalue weighted by Crippen LogP contribution is 2.43. The molecule has 1 aliphatic heterocycles. The minimum absolute atomic E-state index is 0.278. The SMILES string of the molecule is C=C(OC)C(CCCN(C)CCCCC1Nc2ccccc2N1)(c1ccc(SF)cc1)C(C)C. The molecule has 2 aromatic carbocycles. The molecule has 1 heterocycles. The van der Waals surface area contributed by atoms with Gasteiger partial charge in [-0.05, 0) is 88.0 Å². The lowest BCUT2D eigenvalue weighted by Crippen LogP contribution is -2.36. The molecule has 34 heavy (non-hydrogen) atoms. The molecule has 1 atom stereocenters. The van der Waals surface area contributed by atoms with E-state index in [1.165, 1.54) is 24.2 Å². The molecule has 0 saturated heterocycles. The lowest BCUT2D eigenvalue weighted by Gasteiger charge is -2.39. The number of ether oxygens (including phenoxy) is 1. The summed E-state index contributed by atoms with van der Waals surface area (Å²) >= 11 is 0.278. The van der Waals surface area contributed by atoms with Crippen LogP contribution < -0.4 is 10.6 Å². The van der Waals surface area contributed by atoms with Crippen molar-refractivity contribution >= 4 is 23.5 Å². The second kappa shape index (κ2) is 12.5. The van der Waals surface area contributed by atoms with E-state index in [4.69, 9.17) is 4.74 Å². The van der Waals surface area contributed by atoms with Crippen LogP contribution in [0.1, 0.15) is 51.5 Å². The summed E-state index contributed by atoms with van der Waals surface area (Å²) in [4.78, 5) is 3.05. The monoisotopic (exact) mass is 485 g/mol. The van der Waals surface area contributed by atoms with Crippen LogP contribution in [0, 0.1) is 5.92 Å². The lowest BCUT2D eigenvalue weighted by molar-refractivity contribution is 0.169. The Labute approximate surface area is 209 Å². The maximum absolute atomic E-state index is 13.0. The Morgan fingerprint density at radius 1 is 1.06 bits per heavy atom. The highest BCUT2D eigenvalue weighted by molar-refractivity contribution is 7.94. The van der Waals surface area contributed by atoms with E-state index in [1.54, 1.807) is 7.11 Å². The summed E-state index contributed by atoms with van der Waals surface area (Å²) in [6.07, 6.45) is 5.78. The number of allylic oxidation sites excluding steroid dienone is 1. The molecule has 1 unspecified atom stereocenters. The van der Waals surface area contributed by atoms with Crippen molar-refractivity contribution in [2.75, 3.05) is 37.9 Å². The second-order valence-electron chi connectivity index (χ2n) is 9.64. The van der Waals surface area contributed by atoms with E-state index < -0.39 is 0 Å². The minimum Gasteiger partial charge on any atom is -0.501 e. The molecule has 186 valence electrons. The summed E-state index contributed by atoms with van der Waals surface area (Å²) in [7, 11) is 3.90. The Bertz CT molecular complexity index is 895. The van der Waals surface area contributed by atoms with Gasteiger partial charge in [-0.15, -0.1) is 0 Å². The zero-order valence-electron chi connectivity index (χ0n) is 21.1. The van der Waals surface area contributed by atoms with Crippen LogP contribution in [0.3, 0.4) is 0 Å². The molecule has 2 N–H and O–H groups in total. The van der Waals surface area contributed by atoms with Crippen molar-refractivity contribution in [2.45, 2.75) is 62.4 Å². The summed E-state index contributed by atoms with van der Waals surface area (Å²) in [6.45, 7) is 10.8. The predicted molar refractivity (Wildman–Crippen MR) is 144 cm³/mol. The third kappa shape index (κ3) is 6.28. The molecular weight excluding hydrogens is 445 g/mol. The number of para-hydroxylation sites is 2. The number of nitrogens with zero attached hydrogens (tertiary/aromatic N) is 1. The summed E-state index contributed by atoms with van der Waals surface area (Å²) in [6, 6.07) is 16.1. The smallest absolute Gasteiger partial charge is 0.0991 e. The average molecular weight is 486 g/mol. The van der Waals surface area contributed by atoms with Gasteiger partial charge in [-0.25, -0.2) is 0 Å². The maximum atomic E-state index is 13.0. The lowest BCUT2D eigenvalue weighted by atomic mass is 9.67. The van der Waals surface area contributed by atoms with Crippen LogP contribution in [-0.4, -0.2) is 38.3 Å². The van der Waals surface area contributed by atoms with E-state index in [-0.39, 0.29) is 17.6 Å². The number of fused-ring (bicyclic) bond motifs is 1. The molecule has 0 aliphatic carbocycles. The fourth-order valence-corrected chi connectivity index (χ4v) is 5.37. The second-order valence-corrected chi connectivity index (χ2v) is 10.3. The van der Waals surface area contributed by atoms with Crippen LogP contribution in [0.15, 0.2) is 65.8 Å². The number of halogens is 1. The Kier molecular flexibility index (Phi) is 9.72. The quantitative estimate of drug-likeness (QED) is 0.214. The van der Waals surface area contributed by atoms with E-state index in [2.05, 4.69) is 67.3 Å². The molecule has 0 radical (unpaired) electrons. The molecule has 0 saturated carbocycles. The first-order valence-corrected chi connectivity index (χ1v) is 13.1. The van der Waals surface area contributed by atoms with Gasteiger partial charge in [-0.1, -0.05) is 44.7 Å². The van der Waals surface area contributed by atoms with Gasteiger partial charge in [0.05, 0.1) is 48.0 Å². The average Bonchev–Trinajstić information content (AvgIpc) is 3.27. The zero-order chi connectivity index (χ0) is 24.6. The standard InChI is InChI=1S/C28H40FN3OS/c1-21(2)28(22(3)33-5,23-14-16-24(34-29)17-15-23)18-10-20-32(4)19-9-8-13-27-30-25-11-6-7-12-26(25)31-27/h6-7,11-12,14-17,21,27,30-31H,3,8-10,13,18-20H2,1-2,4-5H3. The summed E-state index contributed by atoms with van der Waals surface area (Å²) in [5, 5.41) is 7.11. The van der Waals surface area contributed by atoms with Gasteiger partial charge in [0.25, 0.3) is 0 Å². The van der Waals surface area contributed by atoms with Crippen molar-refractivity contribution in [1.29, 1.82) is 0 Å². The molecule has 0 amide bonds. The highest BCUT2D eigenvalue weighted by Gasteiger charge is 2.39. The zero-order valence-corrected chi connectivity index (χ0v) is 21.9. The van der Waals surface area contributed by atoms with Crippen LogP contribution in [-0.2, 0) is 10.2 Å². The molecule has 0 fully saturated rings. The van der Waals surface area contributed by atoms with E-state index >= 15 is 0 Å².